The summed E-state index contributed by atoms with van der Waals surface area (Å²) in [5, 5.41) is 5.50. The third-order valence-electron chi connectivity index (χ3n) is 5.59. The molecule has 0 amide bonds. The third kappa shape index (κ3) is 5.27. The van der Waals surface area contributed by atoms with Crippen LogP contribution in [0.3, 0.4) is 0 Å². The molecule has 8 nitrogen and oxygen atoms in total. The van der Waals surface area contributed by atoms with Crippen LogP contribution >= 0.6 is 23.2 Å². The second kappa shape index (κ2) is 11.6. The van der Waals surface area contributed by atoms with Crippen LogP contribution in [0.2, 0.25) is 0 Å². The molecule has 4 rings (SSSR count). The average molecular weight is 529 g/mol. The van der Waals surface area contributed by atoms with Crippen molar-refractivity contribution >= 4 is 46.3 Å². The predicted octanol–water partition coefficient (Wildman–Crippen LogP) is 3.26. The minimum atomic E-state index is -0.391. The highest BCUT2D eigenvalue weighted by molar-refractivity contribution is 6.50. The van der Waals surface area contributed by atoms with Gasteiger partial charge in [-0.05, 0) is 0 Å². The highest BCUT2D eigenvalue weighted by Gasteiger charge is 2.32. The topological polar surface area (TPSA) is 111 Å². The molecule has 2 aromatic rings. The van der Waals surface area contributed by atoms with Gasteiger partial charge in [0, 0.05) is 35.3 Å². The molecule has 2 aliphatic rings. The van der Waals surface area contributed by atoms with Crippen LogP contribution in [0.4, 0.5) is 0 Å². The molecular weight excluding hydrogens is 507 g/mol. The van der Waals surface area contributed by atoms with Crippen molar-refractivity contribution in [3.8, 4) is 0 Å². The Morgan fingerprint density at radius 2 is 0.861 bits per heavy atom. The maximum Gasteiger partial charge on any atom is 0.211 e. The summed E-state index contributed by atoms with van der Waals surface area (Å²) in [6.45, 7) is 1.65. The molecule has 0 heterocycles. The number of hydrogen-bond acceptors (Lipinski definition) is 8. The molecule has 2 aromatic carbocycles. The number of carbonyl (C=O) groups excluding carboxylic acids is 4. The summed E-state index contributed by atoms with van der Waals surface area (Å²) in [4.78, 5) is 49.9. The molecule has 10 heteroatoms. The van der Waals surface area contributed by atoms with E-state index in [1.807, 2.05) is 0 Å². The van der Waals surface area contributed by atoms with Gasteiger partial charge in [-0.25, -0.2) is 0 Å². The van der Waals surface area contributed by atoms with Crippen molar-refractivity contribution in [1.82, 2.24) is 10.6 Å². The number of nitrogens with one attached hydrogen (secondary N) is 2. The van der Waals surface area contributed by atoms with Gasteiger partial charge in [0.05, 0.1) is 26.4 Å². The summed E-state index contributed by atoms with van der Waals surface area (Å²) in [6, 6.07) is 13.1. The zero-order valence-corrected chi connectivity index (χ0v) is 20.6. The monoisotopic (exact) mass is 528 g/mol. The van der Waals surface area contributed by atoms with Crippen LogP contribution in [0.15, 0.2) is 70.0 Å². The lowest BCUT2D eigenvalue weighted by molar-refractivity contribution is 0.0507. The van der Waals surface area contributed by atoms with Gasteiger partial charge in [-0.1, -0.05) is 71.7 Å². The first kappa shape index (κ1) is 25.8. The SMILES string of the molecule is O=C1C(Cl)=C(NCCOCCOCCNC2=C(Cl)C(=O)c3ccccc3C2=O)C(=O)c2ccccc21. The molecule has 2 N–H and O–H groups in total. The van der Waals surface area contributed by atoms with Gasteiger partial charge in [0.15, 0.2) is 0 Å². The molecule has 0 spiro atoms. The molecule has 0 radical (unpaired) electrons. The Balaban J connectivity index is 1.13. The van der Waals surface area contributed by atoms with Crippen molar-refractivity contribution in [2.45, 2.75) is 0 Å². The van der Waals surface area contributed by atoms with Gasteiger partial charge in [0.2, 0.25) is 23.1 Å². The van der Waals surface area contributed by atoms with Gasteiger partial charge in [-0.15, -0.1) is 0 Å². The fraction of sp³-hybridized carbons (Fsp3) is 0.231. The van der Waals surface area contributed by atoms with E-state index in [9.17, 15) is 19.2 Å². The maximum absolute atomic E-state index is 12.6. The number of Topliss-reactive ketones (excluding diaryl/α,β-unsaturated/α-hetero) is 4. The van der Waals surface area contributed by atoms with E-state index in [0.29, 0.717) is 35.5 Å². The van der Waals surface area contributed by atoms with Crippen LogP contribution < -0.4 is 10.6 Å². The largest absolute Gasteiger partial charge is 0.378 e. The summed E-state index contributed by atoms with van der Waals surface area (Å²) in [7, 11) is 0. The predicted molar refractivity (Wildman–Crippen MR) is 134 cm³/mol. The van der Waals surface area contributed by atoms with E-state index >= 15 is 0 Å². The lowest BCUT2D eigenvalue weighted by atomic mass is 9.92. The Morgan fingerprint density at radius 3 is 1.22 bits per heavy atom. The van der Waals surface area contributed by atoms with Gasteiger partial charge in [0.1, 0.15) is 21.5 Å². The molecule has 0 bridgehead atoms. The van der Waals surface area contributed by atoms with E-state index in [1.54, 1.807) is 48.5 Å². The number of allylic oxidation sites excluding steroid dienone is 4. The van der Waals surface area contributed by atoms with E-state index in [4.69, 9.17) is 32.7 Å². The molecule has 0 atom stereocenters. The molecule has 36 heavy (non-hydrogen) atoms. The van der Waals surface area contributed by atoms with E-state index in [1.165, 1.54) is 0 Å². The number of halogens is 2. The molecule has 0 aromatic heterocycles. The summed E-state index contributed by atoms with van der Waals surface area (Å²) >= 11 is 12.2. The number of hydrogen-bond donors (Lipinski definition) is 2. The van der Waals surface area contributed by atoms with Crippen molar-refractivity contribution in [3.63, 3.8) is 0 Å². The minimum absolute atomic E-state index is 0.0672. The van der Waals surface area contributed by atoms with Crippen molar-refractivity contribution in [3.05, 3.63) is 92.2 Å². The Kier molecular flexibility index (Phi) is 8.32. The summed E-state index contributed by atoms with van der Waals surface area (Å²) < 4.78 is 11.0. The van der Waals surface area contributed by atoms with E-state index < -0.39 is 11.6 Å². The van der Waals surface area contributed by atoms with Gasteiger partial charge < -0.3 is 20.1 Å². The molecule has 0 saturated carbocycles. The third-order valence-corrected chi connectivity index (χ3v) is 6.31. The normalized spacial score (nSPS) is 15.3. The van der Waals surface area contributed by atoms with Gasteiger partial charge >= 0.3 is 0 Å². The Bertz CT molecular complexity index is 1200. The molecule has 186 valence electrons. The van der Waals surface area contributed by atoms with Crippen LogP contribution in [-0.4, -0.2) is 62.7 Å². The van der Waals surface area contributed by atoms with Crippen molar-refractivity contribution in [1.29, 1.82) is 0 Å². The second-order valence-electron chi connectivity index (χ2n) is 7.86. The quantitative estimate of drug-likeness (QED) is 0.427. The lowest BCUT2D eigenvalue weighted by Gasteiger charge is -2.19. The van der Waals surface area contributed by atoms with Crippen LogP contribution in [0.1, 0.15) is 41.4 Å². The first-order chi connectivity index (χ1) is 17.4. The summed E-state index contributed by atoms with van der Waals surface area (Å²) in [6.07, 6.45) is 0. The highest BCUT2D eigenvalue weighted by Crippen LogP contribution is 2.28. The number of benzene rings is 2. The molecule has 0 fully saturated rings. The molecule has 2 aliphatic carbocycles. The fourth-order valence-electron chi connectivity index (χ4n) is 3.82. The molecular formula is C26H22Cl2N2O6. The number of carbonyl (C=O) groups is 4. The highest BCUT2D eigenvalue weighted by atomic mass is 35.5. The Labute approximate surface area is 217 Å². The Hall–Kier alpha value is -3.30. The smallest absolute Gasteiger partial charge is 0.211 e. The number of rotatable bonds is 11. The fourth-order valence-corrected chi connectivity index (χ4v) is 4.33. The van der Waals surface area contributed by atoms with Crippen LogP contribution in [0.5, 0.6) is 0 Å². The van der Waals surface area contributed by atoms with E-state index in [2.05, 4.69) is 10.6 Å². The second-order valence-corrected chi connectivity index (χ2v) is 8.62. The molecule has 0 unspecified atom stereocenters. The minimum Gasteiger partial charge on any atom is -0.378 e. The Morgan fingerprint density at radius 1 is 0.528 bits per heavy atom. The number of ketones is 4. The van der Waals surface area contributed by atoms with Crippen LogP contribution in [0.25, 0.3) is 0 Å². The van der Waals surface area contributed by atoms with Crippen molar-refractivity contribution in [2.75, 3.05) is 39.5 Å². The first-order valence-corrected chi connectivity index (χ1v) is 12.0. The van der Waals surface area contributed by atoms with Crippen LogP contribution in [0, 0.1) is 0 Å². The first-order valence-electron chi connectivity index (χ1n) is 11.2. The van der Waals surface area contributed by atoms with Crippen molar-refractivity contribution in [2.24, 2.45) is 0 Å². The van der Waals surface area contributed by atoms with E-state index in [-0.39, 0.29) is 59.3 Å². The summed E-state index contributed by atoms with van der Waals surface area (Å²) in [5.74, 6) is -1.44. The number of fused-ring (bicyclic) bond motifs is 2. The van der Waals surface area contributed by atoms with Gasteiger partial charge in [0.25, 0.3) is 0 Å². The van der Waals surface area contributed by atoms with Crippen LogP contribution in [-0.2, 0) is 9.47 Å². The van der Waals surface area contributed by atoms with E-state index in [0.717, 1.165) is 0 Å². The molecule has 0 saturated heterocycles. The number of ether oxygens (including phenoxy) is 2. The lowest BCUT2D eigenvalue weighted by Crippen LogP contribution is -2.31. The van der Waals surface area contributed by atoms with Gasteiger partial charge in [-0.2, -0.15) is 0 Å². The van der Waals surface area contributed by atoms with Gasteiger partial charge in [-0.3, -0.25) is 19.2 Å². The zero-order valence-electron chi connectivity index (χ0n) is 19.1. The average Bonchev–Trinajstić information content (AvgIpc) is 2.90. The standard InChI is InChI=1S/C26H22Cl2N2O6/c27-19-21(25(33)17-7-3-1-5-15(17)23(19)31)29-9-11-35-13-14-36-12-10-30-22-20(28)24(32)16-6-2-4-8-18(16)26(22)34/h1-8,29-30H,9-14H2. The molecule has 0 aliphatic heterocycles. The van der Waals surface area contributed by atoms with Crippen molar-refractivity contribution < 1.29 is 28.7 Å². The zero-order chi connectivity index (χ0) is 25.7. The maximum atomic E-state index is 12.6. The summed E-state index contributed by atoms with van der Waals surface area (Å²) in [5.41, 5.74) is 1.36.